The fourth-order valence-electron chi connectivity index (χ4n) is 1.89. The number of benzene rings is 1. The molecule has 94 valence electrons. The molecule has 0 aliphatic carbocycles. The van der Waals surface area contributed by atoms with E-state index < -0.39 is 23.6 Å². The maximum Gasteiger partial charge on any atom is 0.300 e. The molecule has 0 bridgehead atoms. The van der Waals surface area contributed by atoms with Crippen molar-refractivity contribution in [3.63, 3.8) is 0 Å². The molecule has 1 aliphatic rings. The van der Waals surface area contributed by atoms with E-state index in [4.69, 9.17) is 5.84 Å². The molecule has 1 heterocycles. The van der Waals surface area contributed by atoms with Gasteiger partial charge in [-0.1, -0.05) is 6.07 Å². The molecule has 1 aromatic rings. The van der Waals surface area contributed by atoms with Gasteiger partial charge in [-0.05, 0) is 35.0 Å². The molecular formula is C11H10BrN3O3. The number of halogens is 1. The third-order valence-electron chi connectivity index (χ3n) is 2.80. The first kappa shape index (κ1) is 12.7. The van der Waals surface area contributed by atoms with Crippen molar-refractivity contribution in [2.24, 2.45) is 5.84 Å². The van der Waals surface area contributed by atoms with Crippen LogP contribution in [0.3, 0.4) is 0 Å². The highest BCUT2D eigenvalue weighted by molar-refractivity contribution is 9.10. The first-order valence-corrected chi connectivity index (χ1v) is 5.95. The average molecular weight is 312 g/mol. The standard InChI is InChI=1S/C11H10BrN3O3/c1-5(10(17)14-13)15-7-4-2-3-6(12)8(7)9(16)11(15)18/h2-5H,13H2,1H3,(H,14,17). The van der Waals surface area contributed by atoms with Crippen LogP contribution in [0.5, 0.6) is 0 Å². The third kappa shape index (κ3) is 1.72. The zero-order chi connectivity index (χ0) is 13.4. The molecule has 0 radical (unpaired) electrons. The number of rotatable bonds is 2. The Morgan fingerprint density at radius 3 is 2.72 bits per heavy atom. The lowest BCUT2D eigenvalue weighted by atomic mass is 10.1. The molecule has 1 aromatic carbocycles. The molecule has 2 amide bonds. The SMILES string of the molecule is CC(C(=O)NN)N1C(=O)C(=O)c2c(Br)cccc21. The number of nitrogens with two attached hydrogens (primary N) is 1. The molecule has 7 heteroatoms. The van der Waals surface area contributed by atoms with Gasteiger partial charge in [0.1, 0.15) is 6.04 Å². The van der Waals surface area contributed by atoms with Gasteiger partial charge in [0.25, 0.3) is 17.6 Å². The maximum atomic E-state index is 11.9. The zero-order valence-corrected chi connectivity index (χ0v) is 11.0. The van der Waals surface area contributed by atoms with Crippen molar-refractivity contribution in [2.75, 3.05) is 4.90 Å². The van der Waals surface area contributed by atoms with Gasteiger partial charge < -0.3 is 0 Å². The van der Waals surface area contributed by atoms with Crippen molar-refractivity contribution in [2.45, 2.75) is 13.0 Å². The number of anilines is 1. The number of hydrogen-bond donors (Lipinski definition) is 2. The molecule has 6 nitrogen and oxygen atoms in total. The number of amides is 2. The Balaban J connectivity index is 2.53. The highest BCUT2D eigenvalue weighted by Crippen LogP contribution is 2.35. The minimum Gasteiger partial charge on any atom is -0.292 e. The molecule has 1 aliphatic heterocycles. The van der Waals surface area contributed by atoms with Gasteiger partial charge >= 0.3 is 0 Å². The predicted octanol–water partition coefficient (Wildman–Crippen LogP) is 0.357. The van der Waals surface area contributed by atoms with Crippen LogP contribution in [0, 0.1) is 0 Å². The van der Waals surface area contributed by atoms with Crippen molar-refractivity contribution in [1.29, 1.82) is 0 Å². The summed E-state index contributed by atoms with van der Waals surface area (Å²) in [6, 6.07) is 4.13. The molecule has 1 atom stereocenters. The fourth-order valence-corrected chi connectivity index (χ4v) is 2.42. The minimum atomic E-state index is -0.845. The Labute approximate surface area is 111 Å². The lowest BCUT2D eigenvalue weighted by Crippen LogP contribution is -2.49. The smallest absolute Gasteiger partial charge is 0.292 e. The summed E-state index contributed by atoms with van der Waals surface area (Å²) in [5.41, 5.74) is 2.66. The molecule has 0 saturated heterocycles. The van der Waals surface area contributed by atoms with Crippen molar-refractivity contribution >= 4 is 39.2 Å². The Kier molecular flexibility index (Phi) is 3.18. The molecule has 2 rings (SSSR count). The predicted molar refractivity (Wildman–Crippen MR) is 67.8 cm³/mol. The van der Waals surface area contributed by atoms with Crippen LogP contribution >= 0.6 is 15.9 Å². The van der Waals surface area contributed by atoms with E-state index in [0.717, 1.165) is 4.90 Å². The Hall–Kier alpha value is -1.73. The highest BCUT2D eigenvalue weighted by Gasteiger charge is 2.41. The number of hydrazine groups is 1. The van der Waals surface area contributed by atoms with E-state index in [0.29, 0.717) is 10.2 Å². The van der Waals surface area contributed by atoms with Crippen LogP contribution in [-0.4, -0.2) is 23.6 Å². The van der Waals surface area contributed by atoms with E-state index in [1.807, 2.05) is 5.43 Å². The number of hydrogen-bond acceptors (Lipinski definition) is 4. The van der Waals surface area contributed by atoms with Crippen LogP contribution in [0.25, 0.3) is 0 Å². The topological polar surface area (TPSA) is 92.5 Å². The van der Waals surface area contributed by atoms with E-state index in [2.05, 4.69) is 15.9 Å². The van der Waals surface area contributed by atoms with E-state index in [-0.39, 0.29) is 5.56 Å². The van der Waals surface area contributed by atoms with Gasteiger partial charge in [0.15, 0.2) is 0 Å². The number of fused-ring (bicyclic) bond motifs is 1. The molecule has 0 aromatic heterocycles. The zero-order valence-electron chi connectivity index (χ0n) is 9.44. The van der Waals surface area contributed by atoms with Gasteiger partial charge in [-0.15, -0.1) is 0 Å². The summed E-state index contributed by atoms with van der Waals surface area (Å²) >= 11 is 3.22. The van der Waals surface area contributed by atoms with Gasteiger partial charge in [0, 0.05) is 4.47 Å². The fraction of sp³-hybridized carbons (Fsp3) is 0.182. The van der Waals surface area contributed by atoms with Crippen LogP contribution in [0.2, 0.25) is 0 Å². The summed E-state index contributed by atoms with van der Waals surface area (Å²) in [5, 5.41) is 0. The lowest BCUT2D eigenvalue weighted by molar-refractivity contribution is -0.124. The van der Waals surface area contributed by atoms with Crippen LogP contribution in [-0.2, 0) is 9.59 Å². The first-order chi connectivity index (χ1) is 8.49. The lowest BCUT2D eigenvalue weighted by Gasteiger charge is -2.22. The van der Waals surface area contributed by atoms with Crippen molar-refractivity contribution in [3.8, 4) is 0 Å². The van der Waals surface area contributed by atoms with E-state index in [9.17, 15) is 14.4 Å². The number of carbonyl (C=O) groups excluding carboxylic acids is 3. The molecular weight excluding hydrogens is 302 g/mol. The number of ketones is 1. The number of carbonyl (C=O) groups is 3. The number of Topliss-reactive ketones (excluding diaryl/α,β-unsaturated/α-hetero) is 1. The molecule has 0 saturated carbocycles. The highest BCUT2D eigenvalue weighted by atomic mass is 79.9. The van der Waals surface area contributed by atoms with Gasteiger partial charge in [-0.2, -0.15) is 0 Å². The first-order valence-electron chi connectivity index (χ1n) is 5.16. The van der Waals surface area contributed by atoms with E-state index in [1.165, 1.54) is 6.92 Å². The number of nitrogens with one attached hydrogen (secondary N) is 1. The van der Waals surface area contributed by atoms with Crippen LogP contribution in [0.1, 0.15) is 17.3 Å². The van der Waals surface area contributed by atoms with Crippen molar-refractivity contribution in [1.82, 2.24) is 5.43 Å². The monoisotopic (exact) mass is 311 g/mol. The van der Waals surface area contributed by atoms with Gasteiger partial charge in [0.05, 0.1) is 11.3 Å². The Morgan fingerprint density at radius 1 is 1.44 bits per heavy atom. The van der Waals surface area contributed by atoms with Crippen molar-refractivity contribution in [3.05, 3.63) is 28.2 Å². The Bertz CT molecular complexity index is 558. The minimum absolute atomic E-state index is 0.277. The van der Waals surface area contributed by atoms with Gasteiger partial charge in [0.2, 0.25) is 0 Å². The number of nitrogens with zero attached hydrogens (tertiary/aromatic N) is 1. The summed E-state index contributed by atoms with van der Waals surface area (Å²) in [6.07, 6.45) is 0. The van der Waals surface area contributed by atoms with Gasteiger partial charge in [-0.25, -0.2) is 5.84 Å². The summed E-state index contributed by atoms with van der Waals surface area (Å²) in [6.45, 7) is 1.50. The summed E-state index contributed by atoms with van der Waals surface area (Å²) < 4.78 is 0.529. The van der Waals surface area contributed by atoms with Crippen LogP contribution in [0.4, 0.5) is 5.69 Å². The summed E-state index contributed by atoms with van der Waals surface area (Å²) in [7, 11) is 0. The Morgan fingerprint density at radius 2 is 2.11 bits per heavy atom. The van der Waals surface area contributed by atoms with E-state index >= 15 is 0 Å². The van der Waals surface area contributed by atoms with E-state index in [1.54, 1.807) is 18.2 Å². The summed E-state index contributed by atoms with van der Waals surface area (Å²) in [4.78, 5) is 36.4. The molecule has 18 heavy (non-hydrogen) atoms. The quantitative estimate of drug-likeness (QED) is 0.357. The van der Waals surface area contributed by atoms with Crippen molar-refractivity contribution < 1.29 is 14.4 Å². The summed E-state index contributed by atoms with van der Waals surface area (Å²) in [5.74, 6) is 3.14. The second kappa shape index (κ2) is 4.51. The molecule has 0 spiro atoms. The normalized spacial score (nSPS) is 15.6. The second-order valence-electron chi connectivity index (χ2n) is 3.82. The van der Waals surface area contributed by atoms with Gasteiger partial charge in [-0.3, -0.25) is 24.7 Å². The molecule has 1 unspecified atom stereocenters. The molecule has 3 N–H and O–H groups in total. The van der Waals surface area contributed by atoms with Crippen LogP contribution in [0.15, 0.2) is 22.7 Å². The third-order valence-corrected chi connectivity index (χ3v) is 3.46. The average Bonchev–Trinajstić information content (AvgIpc) is 2.61. The maximum absolute atomic E-state index is 11.9. The molecule has 0 fully saturated rings. The van der Waals surface area contributed by atoms with Crippen LogP contribution < -0.4 is 16.2 Å². The second-order valence-corrected chi connectivity index (χ2v) is 4.68. The largest absolute Gasteiger partial charge is 0.300 e.